The molecular formula is C18H24N2O3. The van der Waals surface area contributed by atoms with E-state index in [1.54, 1.807) is 4.90 Å². The number of anilines is 1. The summed E-state index contributed by atoms with van der Waals surface area (Å²) in [7, 11) is 0. The predicted molar refractivity (Wildman–Crippen MR) is 88.2 cm³/mol. The van der Waals surface area contributed by atoms with Crippen LogP contribution in [0.2, 0.25) is 0 Å². The molecule has 2 heterocycles. The van der Waals surface area contributed by atoms with E-state index in [9.17, 15) is 9.59 Å². The Morgan fingerprint density at radius 2 is 2.09 bits per heavy atom. The summed E-state index contributed by atoms with van der Waals surface area (Å²) < 4.78 is 5.42. The fraction of sp³-hybridized carbons (Fsp3) is 0.556. The number of fused-ring (bicyclic) bond motifs is 1. The number of para-hydroxylation sites is 1. The van der Waals surface area contributed by atoms with Crippen LogP contribution in [0, 0.1) is 5.92 Å². The number of carbonyl (C=O) groups excluding carboxylic acids is 2. The summed E-state index contributed by atoms with van der Waals surface area (Å²) in [5.74, 6) is -0.168. The third kappa shape index (κ3) is 3.24. The maximum Gasteiger partial charge on any atom is 0.249 e. The van der Waals surface area contributed by atoms with Crippen molar-refractivity contribution >= 4 is 17.5 Å². The van der Waals surface area contributed by atoms with E-state index in [-0.39, 0.29) is 17.7 Å². The van der Waals surface area contributed by atoms with Crippen LogP contribution >= 0.6 is 0 Å². The van der Waals surface area contributed by atoms with Gasteiger partial charge < -0.3 is 15.0 Å². The van der Waals surface area contributed by atoms with Gasteiger partial charge in [0.25, 0.3) is 0 Å². The van der Waals surface area contributed by atoms with E-state index in [2.05, 4.69) is 11.4 Å². The second kappa shape index (κ2) is 6.71. The lowest BCUT2D eigenvalue weighted by Gasteiger charge is -2.28. The third-order valence-electron chi connectivity index (χ3n) is 4.61. The molecule has 0 radical (unpaired) electrons. The summed E-state index contributed by atoms with van der Waals surface area (Å²) in [5, 5.41) is 2.91. The van der Waals surface area contributed by atoms with Gasteiger partial charge >= 0.3 is 0 Å². The molecule has 0 bridgehead atoms. The Balaban J connectivity index is 1.73. The molecule has 1 saturated heterocycles. The standard InChI is InChI=1S/C18H24N2O3/c1-12(2)16(19-17(21)15-8-5-11-23-15)18(22)20-10-9-13-6-3-4-7-14(13)20/h3-4,6-7,12,15-16H,5,8-11H2,1-2H3,(H,19,21)/t15?,16-/m1/s1. The molecule has 124 valence electrons. The maximum absolute atomic E-state index is 13.0. The molecule has 1 N–H and O–H groups in total. The van der Waals surface area contributed by atoms with Crippen LogP contribution in [0.25, 0.3) is 0 Å². The normalized spacial score (nSPS) is 21.3. The molecule has 23 heavy (non-hydrogen) atoms. The molecular weight excluding hydrogens is 292 g/mol. The Morgan fingerprint density at radius 1 is 1.30 bits per heavy atom. The van der Waals surface area contributed by atoms with Gasteiger partial charge in [-0.05, 0) is 36.8 Å². The number of nitrogens with zero attached hydrogens (tertiary/aromatic N) is 1. The first-order chi connectivity index (χ1) is 11.1. The molecule has 2 aliphatic heterocycles. The second-order valence-electron chi connectivity index (χ2n) is 6.60. The number of hydrogen-bond donors (Lipinski definition) is 1. The summed E-state index contributed by atoms with van der Waals surface area (Å²) in [6, 6.07) is 7.45. The van der Waals surface area contributed by atoms with Crippen molar-refractivity contribution in [3.05, 3.63) is 29.8 Å². The van der Waals surface area contributed by atoms with Crippen LogP contribution < -0.4 is 10.2 Å². The van der Waals surface area contributed by atoms with Crippen LogP contribution in [-0.2, 0) is 20.7 Å². The van der Waals surface area contributed by atoms with Crippen LogP contribution in [-0.4, -0.2) is 37.1 Å². The van der Waals surface area contributed by atoms with Crippen LogP contribution in [0.1, 0.15) is 32.3 Å². The predicted octanol–water partition coefficient (Wildman–Crippen LogP) is 1.90. The Bertz CT molecular complexity index is 594. The van der Waals surface area contributed by atoms with Crippen LogP contribution in [0.4, 0.5) is 5.69 Å². The third-order valence-corrected chi connectivity index (χ3v) is 4.61. The van der Waals surface area contributed by atoms with Gasteiger partial charge in [0.05, 0.1) is 0 Å². The molecule has 2 atom stereocenters. The fourth-order valence-corrected chi connectivity index (χ4v) is 3.28. The summed E-state index contributed by atoms with van der Waals surface area (Å²) in [5.41, 5.74) is 2.16. The van der Waals surface area contributed by atoms with Crippen molar-refractivity contribution < 1.29 is 14.3 Å². The van der Waals surface area contributed by atoms with E-state index < -0.39 is 12.1 Å². The summed E-state index contributed by atoms with van der Waals surface area (Å²) in [6.45, 7) is 5.22. The smallest absolute Gasteiger partial charge is 0.249 e. The van der Waals surface area contributed by atoms with Crippen molar-refractivity contribution in [1.82, 2.24) is 5.32 Å². The molecule has 0 saturated carbocycles. The first kappa shape index (κ1) is 16.0. The largest absolute Gasteiger partial charge is 0.368 e. The topological polar surface area (TPSA) is 58.6 Å². The molecule has 1 unspecified atom stereocenters. The first-order valence-corrected chi connectivity index (χ1v) is 8.39. The number of carbonyl (C=O) groups is 2. The van der Waals surface area contributed by atoms with E-state index in [1.807, 2.05) is 32.0 Å². The van der Waals surface area contributed by atoms with Crippen molar-refractivity contribution in [3.63, 3.8) is 0 Å². The van der Waals surface area contributed by atoms with Gasteiger partial charge in [-0.15, -0.1) is 0 Å². The van der Waals surface area contributed by atoms with Crippen molar-refractivity contribution in [2.24, 2.45) is 5.92 Å². The monoisotopic (exact) mass is 316 g/mol. The minimum Gasteiger partial charge on any atom is -0.368 e. The summed E-state index contributed by atoms with van der Waals surface area (Å²) in [4.78, 5) is 27.1. The van der Waals surface area contributed by atoms with Gasteiger partial charge in [0.15, 0.2) is 0 Å². The molecule has 1 aromatic rings. The Morgan fingerprint density at radius 3 is 2.78 bits per heavy atom. The lowest BCUT2D eigenvalue weighted by Crippen LogP contribution is -2.53. The van der Waals surface area contributed by atoms with Gasteiger partial charge in [-0.1, -0.05) is 32.0 Å². The van der Waals surface area contributed by atoms with Crippen LogP contribution in [0.5, 0.6) is 0 Å². The average Bonchev–Trinajstić information content (AvgIpc) is 3.20. The zero-order valence-corrected chi connectivity index (χ0v) is 13.7. The average molecular weight is 316 g/mol. The lowest BCUT2D eigenvalue weighted by atomic mass is 10.0. The molecule has 2 aliphatic rings. The number of benzene rings is 1. The molecule has 1 aromatic carbocycles. The van der Waals surface area contributed by atoms with Crippen LogP contribution in [0.3, 0.4) is 0 Å². The highest BCUT2D eigenvalue weighted by atomic mass is 16.5. The van der Waals surface area contributed by atoms with Gasteiger partial charge in [-0.25, -0.2) is 0 Å². The molecule has 0 aromatic heterocycles. The highest BCUT2D eigenvalue weighted by Gasteiger charge is 2.34. The van der Waals surface area contributed by atoms with E-state index in [0.29, 0.717) is 13.2 Å². The highest BCUT2D eigenvalue weighted by Crippen LogP contribution is 2.28. The molecule has 3 rings (SSSR count). The van der Waals surface area contributed by atoms with Gasteiger partial charge in [-0.3, -0.25) is 9.59 Å². The van der Waals surface area contributed by atoms with Gasteiger partial charge in [-0.2, -0.15) is 0 Å². The van der Waals surface area contributed by atoms with Crippen molar-refractivity contribution in [2.45, 2.75) is 45.3 Å². The molecule has 2 amide bonds. The number of nitrogens with one attached hydrogen (secondary N) is 1. The molecule has 1 fully saturated rings. The van der Waals surface area contributed by atoms with Crippen molar-refractivity contribution in [1.29, 1.82) is 0 Å². The maximum atomic E-state index is 13.0. The Hall–Kier alpha value is -1.88. The van der Waals surface area contributed by atoms with Crippen LogP contribution in [0.15, 0.2) is 24.3 Å². The summed E-state index contributed by atoms with van der Waals surface area (Å²) in [6.07, 6.45) is 2.09. The minimum atomic E-state index is -0.516. The van der Waals surface area contributed by atoms with E-state index in [1.165, 1.54) is 5.56 Å². The first-order valence-electron chi connectivity index (χ1n) is 8.39. The minimum absolute atomic E-state index is 0.0283. The SMILES string of the molecule is CC(C)[C@@H](NC(=O)C1CCCO1)C(=O)N1CCc2ccccc21. The lowest BCUT2D eigenvalue weighted by molar-refractivity contribution is -0.134. The number of amides is 2. The number of ether oxygens (including phenoxy) is 1. The van der Waals surface area contributed by atoms with E-state index in [4.69, 9.17) is 4.74 Å². The number of hydrogen-bond acceptors (Lipinski definition) is 3. The zero-order valence-electron chi connectivity index (χ0n) is 13.7. The van der Waals surface area contributed by atoms with E-state index >= 15 is 0 Å². The van der Waals surface area contributed by atoms with Crippen molar-refractivity contribution in [2.75, 3.05) is 18.1 Å². The zero-order chi connectivity index (χ0) is 16.4. The Labute approximate surface area is 137 Å². The van der Waals surface area contributed by atoms with E-state index in [0.717, 1.165) is 24.9 Å². The quantitative estimate of drug-likeness (QED) is 0.923. The summed E-state index contributed by atoms with van der Waals surface area (Å²) >= 11 is 0. The van der Waals surface area contributed by atoms with Gasteiger partial charge in [0.2, 0.25) is 11.8 Å². The molecule has 0 aliphatic carbocycles. The van der Waals surface area contributed by atoms with Gasteiger partial charge in [0, 0.05) is 18.8 Å². The highest BCUT2D eigenvalue weighted by molar-refractivity contribution is 6.01. The number of rotatable bonds is 4. The van der Waals surface area contributed by atoms with Crippen molar-refractivity contribution in [3.8, 4) is 0 Å². The molecule has 0 spiro atoms. The second-order valence-corrected chi connectivity index (χ2v) is 6.60. The molecule has 5 nitrogen and oxygen atoms in total. The fourth-order valence-electron chi connectivity index (χ4n) is 3.28. The molecule has 5 heteroatoms. The Kier molecular flexibility index (Phi) is 4.66. The van der Waals surface area contributed by atoms with Gasteiger partial charge in [0.1, 0.15) is 12.1 Å².